The van der Waals surface area contributed by atoms with E-state index in [0.29, 0.717) is 47.7 Å². The first-order valence-electron chi connectivity index (χ1n) is 12.0. The molecule has 2 N–H and O–H groups in total. The second-order valence-corrected chi connectivity index (χ2v) is 11.3. The highest BCUT2D eigenvalue weighted by Gasteiger charge is 2.18. The van der Waals surface area contributed by atoms with Gasteiger partial charge in [0, 0.05) is 21.5 Å². The molecule has 0 aliphatic rings. The standard InChI is InChI=1S/C27H36Br2N2O4/c1-17(2)10-12-34-24-8-6-20(28)14-22(24)26(32)30-16-19(5)31-27(33)23-15-21(29)7-9-25(23)35-13-11-18(3)4/h6-9,14-15,17-19H,10-13,16H2,1-5H3,(H,30,32)(H,31,33). The van der Waals surface area contributed by atoms with Crippen LogP contribution < -0.4 is 20.1 Å². The van der Waals surface area contributed by atoms with E-state index >= 15 is 0 Å². The molecule has 0 bridgehead atoms. The zero-order valence-corrected chi connectivity index (χ0v) is 24.3. The average Bonchev–Trinajstić information content (AvgIpc) is 2.78. The van der Waals surface area contributed by atoms with E-state index in [9.17, 15) is 9.59 Å². The topological polar surface area (TPSA) is 76.7 Å². The Morgan fingerprint density at radius 3 is 1.69 bits per heavy atom. The third-order valence-electron chi connectivity index (χ3n) is 5.22. The largest absolute Gasteiger partial charge is 0.493 e. The van der Waals surface area contributed by atoms with Crippen LogP contribution in [-0.4, -0.2) is 37.6 Å². The SMILES string of the molecule is CC(C)CCOc1ccc(Br)cc1C(=O)NCC(C)NC(=O)c1cc(Br)ccc1OCCC(C)C. The number of amides is 2. The molecular weight excluding hydrogens is 576 g/mol. The van der Waals surface area contributed by atoms with Crippen molar-refractivity contribution in [1.29, 1.82) is 0 Å². The normalized spacial score (nSPS) is 11.9. The summed E-state index contributed by atoms with van der Waals surface area (Å²) in [5, 5.41) is 5.85. The third kappa shape index (κ3) is 10.2. The van der Waals surface area contributed by atoms with E-state index in [-0.39, 0.29) is 24.4 Å². The van der Waals surface area contributed by atoms with Crippen LogP contribution in [0.4, 0.5) is 0 Å². The molecule has 1 atom stereocenters. The van der Waals surface area contributed by atoms with Crippen LogP contribution in [0.3, 0.4) is 0 Å². The molecule has 0 saturated carbocycles. The summed E-state index contributed by atoms with van der Waals surface area (Å²) >= 11 is 6.85. The number of hydrogen-bond donors (Lipinski definition) is 2. The van der Waals surface area contributed by atoms with Crippen LogP contribution >= 0.6 is 31.9 Å². The maximum absolute atomic E-state index is 13.0. The molecule has 192 valence electrons. The molecule has 0 aromatic heterocycles. The first kappa shape index (κ1) is 29.2. The van der Waals surface area contributed by atoms with E-state index < -0.39 is 0 Å². The van der Waals surface area contributed by atoms with Gasteiger partial charge in [0.05, 0.1) is 24.3 Å². The Balaban J connectivity index is 1.98. The maximum atomic E-state index is 13.0. The number of ether oxygens (including phenoxy) is 2. The number of hydrogen-bond acceptors (Lipinski definition) is 4. The van der Waals surface area contributed by atoms with E-state index in [1.165, 1.54) is 0 Å². The molecule has 0 aliphatic carbocycles. The van der Waals surface area contributed by atoms with Crippen LogP contribution in [0.25, 0.3) is 0 Å². The fraction of sp³-hybridized carbons (Fsp3) is 0.481. The minimum absolute atomic E-state index is 0.257. The van der Waals surface area contributed by atoms with Gasteiger partial charge in [-0.15, -0.1) is 0 Å². The maximum Gasteiger partial charge on any atom is 0.255 e. The van der Waals surface area contributed by atoms with Crippen molar-refractivity contribution in [3.05, 3.63) is 56.5 Å². The van der Waals surface area contributed by atoms with Crippen LogP contribution in [0.2, 0.25) is 0 Å². The molecule has 0 heterocycles. The first-order valence-corrected chi connectivity index (χ1v) is 13.6. The third-order valence-corrected chi connectivity index (χ3v) is 6.21. The van der Waals surface area contributed by atoms with Gasteiger partial charge >= 0.3 is 0 Å². The fourth-order valence-electron chi connectivity index (χ4n) is 3.11. The van der Waals surface area contributed by atoms with E-state index in [1.807, 2.05) is 19.1 Å². The monoisotopic (exact) mass is 610 g/mol. The van der Waals surface area contributed by atoms with Crippen molar-refractivity contribution in [2.45, 2.75) is 53.5 Å². The summed E-state index contributed by atoms with van der Waals surface area (Å²) in [6.45, 7) is 11.7. The summed E-state index contributed by atoms with van der Waals surface area (Å²) in [5.41, 5.74) is 0.906. The van der Waals surface area contributed by atoms with Crippen LogP contribution in [0.5, 0.6) is 11.5 Å². The van der Waals surface area contributed by atoms with Gasteiger partial charge in [-0.25, -0.2) is 0 Å². The van der Waals surface area contributed by atoms with E-state index in [1.54, 1.807) is 24.3 Å². The average molecular weight is 612 g/mol. The summed E-state index contributed by atoms with van der Waals surface area (Å²) in [5.74, 6) is 1.59. The van der Waals surface area contributed by atoms with Crippen LogP contribution in [0.15, 0.2) is 45.3 Å². The minimum atomic E-state index is -0.300. The molecule has 35 heavy (non-hydrogen) atoms. The van der Waals surface area contributed by atoms with Gasteiger partial charge in [0.25, 0.3) is 11.8 Å². The Bertz CT molecular complexity index is 995. The molecule has 0 aliphatic heterocycles. The molecule has 0 radical (unpaired) electrons. The van der Waals surface area contributed by atoms with Gasteiger partial charge in [-0.2, -0.15) is 0 Å². The number of halogens is 2. The highest BCUT2D eigenvalue weighted by Crippen LogP contribution is 2.25. The summed E-state index contributed by atoms with van der Waals surface area (Å²) in [4.78, 5) is 25.9. The molecule has 2 amide bonds. The number of carbonyl (C=O) groups is 2. The summed E-state index contributed by atoms with van der Waals surface area (Å²) < 4.78 is 13.3. The summed E-state index contributed by atoms with van der Waals surface area (Å²) in [7, 11) is 0. The van der Waals surface area contributed by atoms with Gasteiger partial charge < -0.3 is 20.1 Å². The zero-order valence-electron chi connectivity index (χ0n) is 21.1. The fourth-order valence-corrected chi connectivity index (χ4v) is 3.84. The lowest BCUT2D eigenvalue weighted by Crippen LogP contribution is -2.42. The number of benzene rings is 2. The lowest BCUT2D eigenvalue weighted by molar-refractivity contribution is 0.0907. The van der Waals surface area contributed by atoms with Crippen LogP contribution in [-0.2, 0) is 0 Å². The lowest BCUT2D eigenvalue weighted by Gasteiger charge is -2.18. The molecule has 1 unspecified atom stereocenters. The quantitative estimate of drug-likeness (QED) is 0.267. The van der Waals surface area contributed by atoms with Gasteiger partial charge in [0.1, 0.15) is 11.5 Å². The Labute approximate surface area is 225 Å². The van der Waals surface area contributed by atoms with Crippen LogP contribution in [0.1, 0.15) is 68.2 Å². The highest BCUT2D eigenvalue weighted by atomic mass is 79.9. The van der Waals surface area contributed by atoms with E-state index in [2.05, 4.69) is 70.2 Å². The van der Waals surface area contributed by atoms with Gasteiger partial charge in [-0.1, -0.05) is 59.6 Å². The van der Waals surface area contributed by atoms with Crippen molar-refractivity contribution in [2.24, 2.45) is 11.8 Å². The zero-order chi connectivity index (χ0) is 26.0. The molecule has 0 fully saturated rings. The Morgan fingerprint density at radius 2 is 1.23 bits per heavy atom. The summed E-state index contributed by atoms with van der Waals surface area (Å²) in [6, 6.07) is 10.5. The highest BCUT2D eigenvalue weighted by molar-refractivity contribution is 9.10. The molecule has 0 saturated heterocycles. The number of nitrogens with one attached hydrogen (secondary N) is 2. The molecule has 0 spiro atoms. The van der Waals surface area contributed by atoms with Gasteiger partial charge in [-0.3, -0.25) is 9.59 Å². The Hall–Kier alpha value is -2.06. The summed E-state index contributed by atoms with van der Waals surface area (Å²) in [6.07, 6.45) is 1.80. The Kier molecular flexibility index (Phi) is 12.1. The smallest absolute Gasteiger partial charge is 0.255 e. The van der Waals surface area contributed by atoms with E-state index in [0.717, 1.165) is 21.8 Å². The van der Waals surface area contributed by atoms with Crippen molar-refractivity contribution >= 4 is 43.7 Å². The van der Waals surface area contributed by atoms with Crippen molar-refractivity contribution in [3.8, 4) is 11.5 Å². The van der Waals surface area contributed by atoms with Gasteiger partial charge in [0.2, 0.25) is 0 Å². The van der Waals surface area contributed by atoms with Crippen molar-refractivity contribution < 1.29 is 19.1 Å². The van der Waals surface area contributed by atoms with Gasteiger partial charge in [-0.05, 0) is 68.0 Å². The second-order valence-electron chi connectivity index (χ2n) is 9.43. The van der Waals surface area contributed by atoms with Crippen LogP contribution in [0, 0.1) is 11.8 Å². The number of rotatable bonds is 13. The minimum Gasteiger partial charge on any atom is -0.493 e. The predicted octanol–water partition coefficient (Wildman–Crippen LogP) is 6.61. The molecule has 2 aromatic carbocycles. The molecule has 8 heteroatoms. The second kappa shape index (κ2) is 14.5. The van der Waals surface area contributed by atoms with Gasteiger partial charge in [0.15, 0.2) is 0 Å². The molecular formula is C27H36Br2N2O4. The molecule has 2 rings (SSSR count). The predicted molar refractivity (Wildman–Crippen MR) is 147 cm³/mol. The van der Waals surface area contributed by atoms with E-state index in [4.69, 9.17) is 9.47 Å². The lowest BCUT2D eigenvalue weighted by atomic mass is 10.1. The molecule has 2 aromatic rings. The number of carbonyl (C=O) groups excluding carboxylic acids is 2. The Morgan fingerprint density at radius 1 is 0.771 bits per heavy atom. The van der Waals surface area contributed by atoms with Crippen molar-refractivity contribution in [3.63, 3.8) is 0 Å². The van der Waals surface area contributed by atoms with Crippen molar-refractivity contribution in [2.75, 3.05) is 19.8 Å². The molecule has 6 nitrogen and oxygen atoms in total. The van der Waals surface area contributed by atoms with Crippen molar-refractivity contribution in [1.82, 2.24) is 10.6 Å². The first-order chi connectivity index (χ1) is 16.6.